The molecule has 0 bridgehead atoms. The molecule has 0 spiro atoms. The Morgan fingerprint density at radius 1 is 1.07 bits per heavy atom. The average Bonchev–Trinajstić information content (AvgIpc) is 3.27. The first-order chi connectivity index (χ1) is 14.7. The topological polar surface area (TPSA) is 112 Å². The van der Waals surface area contributed by atoms with E-state index in [4.69, 9.17) is 0 Å². The Kier molecular flexibility index (Phi) is 5.02. The summed E-state index contributed by atoms with van der Waals surface area (Å²) in [5, 5.41) is 17.6. The molecule has 2 aromatic heterocycles. The first-order valence-corrected chi connectivity index (χ1v) is 10.6. The summed E-state index contributed by atoms with van der Waals surface area (Å²) in [6, 6.07) is 15.1. The monoisotopic (exact) mass is 417 g/mol. The number of hydrogen-bond acceptors (Lipinski definition) is 6. The zero-order valence-corrected chi connectivity index (χ0v) is 16.8. The molecule has 150 valence electrons. The van der Waals surface area contributed by atoms with E-state index in [0.29, 0.717) is 17.3 Å². The highest BCUT2D eigenvalue weighted by Gasteiger charge is 2.27. The lowest BCUT2D eigenvalue weighted by molar-refractivity contribution is 0.102. The third-order valence-corrected chi connectivity index (χ3v) is 5.80. The lowest BCUT2D eigenvalue weighted by Crippen LogP contribution is -2.11. The number of hydrogen-bond donors (Lipinski definition) is 3. The zero-order valence-electron chi connectivity index (χ0n) is 16.0. The predicted molar refractivity (Wildman–Crippen MR) is 114 cm³/mol. The summed E-state index contributed by atoms with van der Waals surface area (Å²) >= 11 is 1.56. The van der Waals surface area contributed by atoms with E-state index in [9.17, 15) is 4.79 Å². The molecule has 1 aliphatic carbocycles. The maximum absolute atomic E-state index is 12.5. The number of benzene rings is 2. The Morgan fingerprint density at radius 3 is 2.57 bits per heavy atom. The molecule has 9 heteroatoms. The van der Waals surface area contributed by atoms with Crippen molar-refractivity contribution in [3.63, 3.8) is 0 Å². The van der Waals surface area contributed by atoms with Gasteiger partial charge in [-0.1, -0.05) is 23.9 Å². The molecule has 0 saturated heterocycles. The average molecular weight is 417 g/mol. The largest absolute Gasteiger partial charge is 0.322 e. The molecule has 1 saturated carbocycles. The fraction of sp³-hybridized carbons (Fsp3) is 0.190. The smallest absolute Gasteiger partial charge is 0.255 e. The summed E-state index contributed by atoms with van der Waals surface area (Å²) in [6.45, 7) is 0. The molecular formula is C21H19N7OS. The fourth-order valence-electron chi connectivity index (χ4n) is 3.02. The number of rotatable bonds is 7. The van der Waals surface area contributed by atoms with E-state index in [1.54, 1.807) is 11.8 Å². The SMILES string of the molecule is O=C(Nc1ccc(-c2n[nH]c(C3CC3)n2)cc1)c1ccc(CSc2ncn[nH]2)cc1. The van der Waals surface area contributed by atoms with E-state index in [2.05, 4.69) is 35.7 Å². The van der Waals surface area contributed by atoms with Crippen molar-refractivity contribution in [2.24, 2.45) is 0 Å². The minimum atomic E-state index is -0.147. The van der Waals surface area contributed by atoms with Crippen LogP contribution in [0.5, 0.6) is 0 Å². The Morgan fingerprint density at radius 2 is 1.87 bits per heavy atom. The van der Waals surface area contributed by atoms with Gasteiger partial charge < -0.3 is 5.32 Å². The molecule has 1 amide bonds. The van der Waals surface area contributed by atoms with Gasteiger partial charge in [0.2, 0.25) is 0 Å². The van der Waals surface area contributed by atoms with Crippen molar-refractivity contribution in [3.8, 4) is 11.4 Å². The van der Waals surface area contributed by atoms with Gasteiger partial charge in [-0.25, -0.2) is 9.97 Å². The van der Waals surface area contributed by atoms with Gasteiger partial charge >= 0.3 is 0 Å². The Hall–Kier alpha value is -3.46. The number of H-pyrrole nitrogens is 2. The Balaban J connectivity index is 1.19. The van der Waals surface area contributed by atoms with Crippen molar-refractivity contribution in [1.82, 2.24) is 30.4 Å². The van der Waals surface area contributed by atoms with Crippen LogP contribution in [0.2, 0.25) is 0 Å². The second-order valence-electron chi connectivity index (χ2n) is 7.13. The lowest BCUT2D eigenvalue weighted by atomic mass is 10.1. The number of amides is 1. The summed E-state index contributed by atoms with van der Waals surface area (Å²) in [5.41, 5.74) is 3.36. The van der Waals surface area contributed by atoms with Crippen LogP contribution in [0, 0.1) is 0 Å². The van der Waals surface area contributed by atoms with Crippen LogP contribution in [0.3, 0.4) is 0 Å². The van der Waals surface area contributed by atoms with Gasteiger partial charge in [-0.05, 0) is 54.8 Å². The summed E-state index contributed by atoms with van der Waals surface area (Å²) in [7, 11) is 0. The minimum absolute atomic E-state index is 0.147. The molecule has 0 aliphatic heterocycles. The highest BCUT2D eigenvalue weighted by Crippen LogP contribution is 2.38. The van der Waals surface area contributed by atoms with Gasteiger partial charge in [-0.15, -0.1) is 0 Å². The standard InChI is InChI=1S/C21H19N7OS/c29-20(16-3-1-13(2-4-16)11-30-21-22-12-23-28-21)24-17-9-7-15(8-10-17)19-25-18(26-27-19)14-5-6-14/h1-4,7-10,12,14H,5-6,11H2,(H,24,29)(H,22,23,28)(H,25,26,27). The maximum atomic E-state index is 12.5. The van der Waals surface area contributed by atoms with E-state index in [-0.39, 0.29) is 5.91 Å². The molecule has 8 nitrogen and oxygen atoms in total. The fourth-order valence-corrected chi connectivity index (χ4v) is 3.75. The normalized spacial score (nSPS) is 13.3. The quantitative estimate of drug-likeness (QED) is 0.392. The predicted octanol–water partition coefficient (Wildman–Crippen LogP) is 4.01. The van der Waals surface area contributed by atoms with Crippen molar-refractivity contribution in [2.45, 2.75) is 29.7 Å². The number of aromatic amines is 2. The lowest BCUT2D eigenvalue weighted by Gasteiger charge is -2.07. The molecule has 5 rings (SSSR count). The van der Waals surface area contributed by atoms with Gasteiger partial charge in [0, 0.05) is 28.5 Å². The van der Waals surface area contributed by atoms with Crippen LogP contribution in [0.1, 0.15) is 40.5 Å². The molecule has 4 aromatic rings. The highest BCUT2D eigenvalue weighted by molar-refractivity contribution is 7.98. The third-order valence-electron chi connectivity index (χ3n) is 4.85. The van der Waals surface area contributed by atoms with Gasteiger partial charge in [0.25, 0.3) is 5.91 Å². The van der Waals surface area contributed by atoms with E-state index >= 15 is 0 Å². The summed E-state index contributed by atoms with van der Waals surface area (Å²) in [4.78, 5) is 21.2. The molecule has 0 atom stereocenters. The number of carbonyl (C=O) groups excluding carboxylic acids is 1. The van der Waals surface area contributed by atoms with Gasteiger partial charge in [0.15, 0.2) is 11.0 Å². The summed E-state index contributed by atoms with van der Waals surface area (Å²) < 4.78 is 0. The molecule has 0 unspecified atom stereocenters. The van der Waals surface area contributed by atoms with Crippen LogP contribution in [0.4, 0.5) is 5.69 Å². The highest BCUT2D eigenvalue weighted by atomic mass is 32.2. The summed E-state index contributed by atoms with van der Waals surface area (Å²) in [5.74, 6) is 2.80. The Bertz CT molecular complexity index is 1130. The Labute approximate surface area is 176 Å². The van der Waals surface area contributed by atoms with Crippen LogP contribution in [-0.4, -0.2) is 36.3 Å². The van der Waals surface area contributed by atoms with E-state index in [0.717, 1.165) is 33.5 Å². The second-order valence-corrected chi connectivity index (χ2v) is 8.09. The molecule has 30 heavy (non-hydrogen) atoms. The van der Waals surface area contributed by atoms with Crippen LogP contribution in [0.25, 0.3) is 11.4 Å². The van der Waals surface area contributed by atoms with Crippen LogP contribution >= 0.6 is 11.8 Å². The molecule has 3 N–H and O–H groups in total. The summed E-state index contributed by atoms with van der Waals surface area (Å²) in [6.07, 6.45) is 3.85. The first kappa shape index (κ1) is 18.6. The van der Waals surface area contributed by atoms with E-state index < -0.39 is 0 Å². The van der Waals surface area contributed by atoms with Gasteiger partial charge in [0.05, 0.1) is 0 Å². The third kappa shape index (κ3) is 4.25. The van der Waals surface area contributed by atoms with Crippen molar-refractivity contribution < 1.29 is 4.79 Å². The van der Waals surface area contributed by atoms with Gasteiger partial charge in [-0.3, -0.25) is 15.0 Å². The van der Waals surface area contributed by atoms with Gasteiger partial charge in [-0.2, -0.15) is 10.2 Å². The maximum Gasteiger partial charge on any atom is 0.255 e. The number of nitrogens with one attached hydrogen (secondary N) is 3. The van der Waals surface area contributed by atoms with E-state index in [1.165, 1.54) is 19.2 Å². The second kappa shape index (κ2) is 8.11. The van der Waals surface area contributed by atoms with Crippen molar-refractivity contribution in [1.29, 1.82) is 0 Å². The van der Waals surface area contributed by atoms with Crippen molar-refractivity contribution in [3.05, 3.63) is 71.8 Å². The van der Waals surface area contributed by atoms with Crippen molar-refractivity contribution >= 4 is 23.4 Å². The zero-order chi connectivity index (χ0) is 20.3. The number of nitrogens with zero attached hydrogens (tertiary/aromatic N) is 4. The minimum Gasteiger partial charge on any atom is -0.322 e. The first-order valence-electron chi connectivity index (χ1n) is 9.66. The van der Waals surface area contributed by atoms with E-state index in [1.807, 2.05) is 48.5 Å². The molecular weight excluding hydrogens is 398 g/mol. The number of aromatic nitrogens is 6. The number of anilines is 1. The molecule has 1 fully saturated rings. The van der Waals surface area contributed by atoms with Crippen LogP contribution < -0.4 is 5.32 Å². The van der Waals surface area contributed by atoms with Crippen LogP contribution in [0.15, 0.2) is 60.0 Å². The number of carbonyl (C=O) groups is 1. The van der Waals surface area contributed by atoms with Gasteiger partial charge in [0.1, 0.15) is 12.2 Å². The van der Waals surface area contributed by atoms with Crippen LogP contribution in [-0.2, 0) is 5.75 Å². The number of thioether (sulfide) groups is 1. The molecule has 2 aromatic carbocycles. The molecule has 0 radical (unpaired) electrons. The molecule has 2 heterocycles. The van der Waals surface area contributed by atoms with Crippen molar-refractivity contribution in [2.75, 3.05) is 5.32 Å². The molecule has 1 aliphatic rings.